The van der Waals surface area contributed by atoms with E-state index in [1.54, 1.807) is 24.1 Å². The van der Waals surface area contributed by atoms with E-state index in [1.165, 1.54) is 12.8 Å². The highest BCUT2D eigenvalue weighted by Gasteiger charge is 2.32. The van der Waals surface area contributed by atoms with Crippen LogP contribution in [-0.4, -0.2) is 48.6 Å². The third-order valence-electron chi connectivity index (χ3n) is 6.11. The molecular weight excluding hydrogens is 433 g/mol. The van der Waals surface area contributed by atoms with Crippen molar-refractivity contribution < 1.29 is 9.53 Å². The Morgan fingerprint density at radius 2 is 1.87 bits per heavy atom. The van der Waals surface area contributed by atoms with Crippen molar-refractivity contribution in [1.82, 2.24) is 9.80 Å². The van der Waals surface area contributed by atoms with Gasteiger partial charge in [0, 0.05) is 25.2 Å². The Kier molecular flexibility index (Phi) is 7.26. The summed E-state index contributed by atoms with van der Waals surface area (Å²) in [6.07, 6.45) is 4.58. The number of ether oxygens (including phenoxy) is 1. The summed E-state index contributed by atoms with van der Waals surface area (Å²) in [7, 11) is 1.80. The maximum absolute atomic E-state index is 12.4. The molecule has 1 saturated heterocycles. The first-order valence-corrected chi connectivity index (χ1v) is 11.7. The Morgan fingerprint density at radius 3 is 2.58 bits per heavy atom. The van der Waals surface area contributed by atoms with E-state index in [9.17, 15) is 4.79 Å². The van der Waals surface area contributed by atoms with Crippen molar-refractivity contribution in [2.45, 2.75) is 38.3 Å². The van der Waals surface area contributed by atoms with Crippen LogP contribution in [0, 0.1) is 5.92 Å². The summed E-state index contributed by atoms with van der Waals surface area (Å²) in [5.74, 6) is 1.25. The van der Waals surface area contributed by atoms with E-state index in [-0.39, 0.29) is 12.1 Å². The minimum absolute atomic E-state index is 0.155. The van der Waals surface area contributed by atoms with Crippen LogP contribution in [-0.2, 0) is 6.54 Å². The highest BCUT2D eigenvalue weighted by Crippen LogP contribution is 2.34. The highest BCUT2D eigenvalue weighted by molar-refractivity contribution is 6.33. The van der Waals surface area contributed by atoms with Gasteiger partial charge in [-0.2, -0.15) is 0 Å². The normalized spacial score (nSPS) is 20.9. The van der Waals surface area contributed by atoms with E-state index in [0.717, 1.165) is 48.8 Å². The monoisotopic (exact) mass is 461 g/mol. The summed E-state index contributed by atoms with van der Waals surface area (Å²) >= 11 is 12.6. The second kappa shape index (κ2) is 10.1. The van der Waals surface area contributed by atoms with Crippen LogP contribution < -0.4 is 10.1 Å². The van der Waals surface area contributed by atoms with Crippen LogP contribution in [0.15, 0.2) is 42.5 Å². The van der Waals surface area contributed by atoms with Crippen molar-refractivity contribution in [2.75, 3.05) is 32.0 Å². The molecule has 5 nitrogen and oxygen atoms in total. The van der Waals surface area contributed by atoms with Gasteiger partial charge in [0.1, 0.15) is 5.75 Å². The zero-order valence-electron chi connectivity index (χ0n) is 17.8. The Morgan fingerprint density at radius 1 is 1.13 bits per heavy atom. The lowest BCUT2D eigenvalue weighted by atomic mass is 9.82. The van der Waals surface area contributed by atoms with Crippen LogP contribution in [0.1, 0.15) is 31.2 Å². The first-order valence-electron chi connectivity index (χ1n) is 10.9. The van der Waals surface area contributed by atoms with E-state index in [2.05, 4.69) is 16.3 Å². The van der Waals surface area contributed by atoms with Crippen LogP contribution in [0.25, 0.3) is 0 Å². The molecule has 2 amide bonds. The molecule has 1 aliphatic heterocycles. The molecule has 1 heterocycles. The van der Waals surface area contributed by atoms with E-state index in [4.69, 9.17) is 27.9 Å². The maximum Gasteiger partial charge on any atom is 0.321 e. The first-order chi connectivity index (χ1) is 15.0. The number of hydrogen-bond acceptors (Lipinski definition) is 3. The molecule has 2 aliphatic rings. The Balaban J connectivity index is 1.21. The number of likely N-dealkylation sites (tertiary alicyclic amines) is 1. The minimum Gasteiger partial charge on any atom is -0.490 e. The standard InChI is InChI=1S/C24H29Cl2N3O2/c1-28(24(30)27-23-7-3-2-6-21(23)25)15-17-12-20(13-17)31-19-9-8-18(22(26)14-19)16-29-10-4-5-11-29/h2-3,6-9,14,17,20H,4-5,10-13,15-16H2,1H3,(H,27,30). The maximum atomic E-state index is 12.4. The summed E-state index contributed by atoms with van der Waals surface area (Å²) < 4.78 is 6.11. The minimum atomic E-state index is -0.155. The molecule has 0 spiro atoms. The van der Waals surface area contributed by atoms with Gasteiger partial charge in [0.25, 0.3) is 0 Å². The van der Waals surface area contributed by atoms with E-state index >= 15 is 0 Å². The number of halogens is 2. The molecule has 0 atom stereocenters. The summed E-state index contributed by atoms with van der Waals surface area (Å²) in [5.41, 5.74) is 1.79. The zero-order chi connectivity index (χ0) is 21.8. The van der Waals surface area contributed by atoms with E-state index < -0.39 is 0 Å². The van der Waals surface area contributed by atoms with Gasteiger partial charge in [0.15, 0.2) is 0 Å². The number of para-hydroxylation sites is 1. The van der Waals surface area contributed by atoms with Gasteiger partial charge in [-0.05, 0) is 74.5 Å². The van der Waals surface area contributed by atoms with Gasteiger partial charge < -0.3 is 15.0 Å². The van der Waals surface area contributed by atoms with Crippen molar-refractivity contribution in [2.24, 2.45) is 5.92 Å². The third kappa shape index (κ3) is 5.85. The first kappa shape index (κ1) is 22.3. The molecule has 0 bridgehead atoms. The summed E-state index contributed by atoms with van der Waals surface area (Å²) in [6, 6.07) is 13.1. The van der Waals surface area contributed by atoms with Crippen LogP contribution >= 0.6 is 23.2 Å². The number of benzene rings is 2. The van der Waals surface area contributed by atoms with Crippen molar-refractivity contribution in [3.05, 3.63) is 58.1 Å². The molecular formula is C24H29Cl2N3O2. The molecule has 31 heavy (non-hydrogen) atoms. The fraction of sp³-hybridized carbons (Fsp3) is 0.458. The van der Waals surface area contributed by atoms with Crippen molar-refractivity contribution in [3.63, 3.8) is 0 Å². The number of carbonyl (C=O) groups is 1. The SMILES string of the molecule is CN(CC1CC(Oc2ccc(CN3CCCC3)c(Cl)c2)C1)C(=O)Nc1ccccc1Cl. The number of hydrogen-bond donors (Lipinski definition) is 1. The third-order valence-corrected chi connectivity index (χ3v) is 6.79. The van der Waals surface area contributed by atoms with Crippen LogP contribution in [0.4, 0.5) is 10.5 Å². The molecule has 2 aromatic rings. The molecule has 0 aromatic heterocycles. The van der Waals surface area contributed by atoms with Gasteiger partial charge in [-0.15, -0.1) is 0 Å². The molecule has 2 aromatic carbocycles. The fourth-order valence-electron chi connectivity index (χ4n) is 4.27. The molecule has 0 radical (unpaired) electrons. The van der Waals surface area contributed by atoms with Gasteiger partial charge >= 0.3 is 6.03 Å². The van der Waals surface area contributed by atoms with Crippen molar-refractivity contribution in [3.8, 4) is 5.75 Å². The second-order valence-electron chi connectivity index (χ2n) is 8.60. The fourth-order valence-corrected chi connectivity index (χ4v) is 4.68. The van der Waals surface area contributed by atoms with E-state index in [0.29, 0.717) is 23.2 Å². The molecule has 1 N–H and O–H groups in total. The lowest BCUT2D eigenvalue weighted by Gasteiger charge is -2.37. The molecule has 166 valence electrons. The Labute approximate surface area is 194 Å². The Hall–Kier alpha value is -1.95. The predicted octanol–water partition coefficient (Wildman–Crippen LogP) is 5.91. The topological polar surface area (TPSA) is 44.8 Å². The van der Waals surface area contributed by atoms with Crippen LogP contribution in [0.2, 0.25) is 10.0 Å². The van der Waals surface area contributed by atoms with Gasteiger partial charge in [-0.25, -0.2) is 4.79 Å². The van der Waals surface area contributed by atoms with E-state index in [1.807, 2.05) is 24.3 Å². The second-order valence-corrected chi connectivity index (χ2v) is 9.42. The molecule has 1 aliphatic carbocycles. The lowest BCUT2D eigenvalue weighted by Crippen LogP contribution is -2.43. The number of nitrogens with zero attached hydrogens (tertiary/aromatic N) is 2. The average Bonchev–Trinajstić information content (AvgIpc) is 3.23. The molecule has 2 fully saturated rings. The van der Waals surface area contributed by atoms with Crippen LogP contribution in [0.3, 0.4) is 0 Å². The molecule has 4 rings (SSSR count). The number of carbonyl (C=O) groups excluding carboxylic acids is 1. The van der Waals surface area contributed by atoms with Crippen molar-refractivity contribution in [1.29, 1.82) is 0 Å². The van der Waals surface area contributed by atoms with Gasteiger partial charge in [-0.1, -0.05) is 41.4 Å². The summed E-state index contributed by atoms with van der Waals surface area (Å²) in [4.78, 5) is 16.6. The Bertz CT molecular complexity index is 911. The summed E-state index contributed by atoms with van der Waals surface area (Å²) in [5, 5.41) is 4.17. The van der Waals surface area contributed by atoms with Gasteiger partial charge in [-0.3, -0.25) is 4.90 Å². The zero-order valence-corrected chi connectivity index (χ0v) is 19.3. The lowest BCUT2D eigenvalue weighted by molar-refractivity contribution is 0.0532. The quantitative estimate of drug-likeness (QED) is 0.557. The molecule has 1 saturated carbocycles. The van der Waals surface area contributed by atoms with Crippen molar-refractivity contribution >= 4 is 34.9 Å². The predicted molar refractivity (Wildman–Crippen MR) is 126 cm³/mol. The number of urea groups is 1. The van der Waals surface area contributed by atoms with Crippen LogP contribution in [0.5, 0.6) is 5.75 Å². The van der Waals surface area contributed by atoms with Gasteiger partial charge in [0.2, 0.25) is 0 Å². The largest absolute Gasteiger partial charge is 0.490 e. The molecule has 0 unspecified atom stereocenters. The highest BCUT2D eigenvalue weighted by atomic mass is 35.5. The number of nitrogens with one attached hydrogen (secondary N) is 1. The van der Waals surface area contributed by atoms with Gasteiger partial charge in [0.05, 0.1) is 16.8 Å². The number of anilines is 1. The number of amides is 2. The average molecular weight is 462 g/mol. The molecule has 7 heteroatoms. The summed E-state index contributed by atoms with van der Waals surface area (Å²) in [6.45, 7) is 3.91. The smallest absolute Gasteiger partial charge is 0.321 e. The number of rotatable bonds is 7.